The van der Waals surface area contributed by atoms with Gasteiger partial charge in [0, 0.05) is 10.6 Å². The molecule has 18 heavy (non-hydrogen) atoms. The van der Waals surface area contributed by atoms with Gasteiger partial charge in [0.15, 0.2) is 5.16 Å². The molecule has 0 aromatic heterocycles. The number of nitrogens with two attached hydrogens (primary N) is 1. The van der Waals surface area contributed by atoms with Crippen LogP contribution in [0.3, 0.4) is 0 Å². The van der Waals surface area contributed by atoms with Crippen LogP contribution in [0.1, 0.15) is 11.1 Å². The number of nitrogen functional groups attached to an aromatic ring is 1. The second-order valence-electron chi connectivity index (χ2n) is 4.03. The van der Waals surface area contributed by atoms with E-state index >= 15 is 0 Å². The third kappa shape index (κ3) is 3.64. The van der Waals surface area contributed by atoms with Crippen LogP contribution in [0, 0.1) is 6.92 Å². The summed E-state index contributed by atoms with van der Waals surface area (Å²) in [6.07, 6.45) is 1.53. The van der Waals surface area contributed by atoms with Gasteiger partial charge in [0.1, 0.15) is 0 Å². The van der Waals surface area contributed by atoms with Crippen molar-refractivity contribution in [2.75, 3.05) is 5.73 Å². The normalized spacial score (nSPS) is 11.6. The topological polar surface area (TPSA) is 26.0 Å². The van der Waals surface area contributed by atoms with Crippen molar-refractivity contribution in [1.29, 1.82) is 0 Å². The van der Waals surface area contributed by atoms with E-state index < -0.39 is 0 Å². The SMILES string of the molecule is Cc1ccc(/C=C(\F)Sc2ccc(N)cc2)cc1. The van der Waals surface area contributed by atoms with Crippen molar-refractivity contribution in [3.8, 4) is 0 Å². The molecule has 0 fully saturated rings. The predicted molar refractivity (Wildman–Crippen MR) is 77.0 cm³/mol. The van der Waals surface area contributed by atoms with E-state index in [1.807, 2.05) is 43.3 Å². The first kappa shape index (κ1) is 12.7. The lowest BCUT2D eigenvalue weighted by Crippen LogP contribution is -1.82. The number of halogens is 1. The molecular formula is C15H14FNS. The first-order valence-electron chi connectivity index (χ1n) is 5.61. The fourth-order valence-corrected chi connectivity index (χ4v) is 2.16. The number of thioether (sulfide) groups is 1. The maximum absolute atomic E-state index is 13.8. The molecule has 92 valence electrons. The third-order valence-corrected chi connectivity index (χ3v) is 3.27. The summed E-state index contributed by atoms with van der Waals surface area (Å²) < 4.78 is 13.8. The van der Waals surface area contributed by atoms with Gasteiger partial charge < -0.3 is 5.73 Å². The first-order chi connectivity index (χ1) is 8.63. The fraction of sp³-hybridized carbons (Fsp3) is 0.0667. The van der Waals surface area contributed by atoms with Crippen LogP contribution in [0.2, 0.25) is 0 Å². The number of hydrogen-bond donors (Lipinski definition) is 1. The Morgan fingerprint density at radius 1 is 1.06 bits per heavy atom. The van der Waals surface area contributed by atoms with Crippen molar-refractivity contribution in [3.05, 3.63) is 64.8 Å². The van der Waals surface area contributed by atoms with E-state index in [1.165, 1.54) is 11.6 Å². The molecule has 0 bridgehead atoms. The molecule has 0 aliphatic rings. The Hall–Kier alpha value is -1.74. The van der Waals surface area contributed by atoms with Crippen molar-refractivity contribution in [2.45, 2.75) is 11.8 Å². The molecule has 3 heteroatoms. The fourth-order valence-electron chi connectivity index (χ4n) is 1.47. The summed E-state index contributed by atoms with van der Waals surface area (Å²) in [5.41, 5.74) is 8.29. The van der Waals surface area contributed by atoms with Crippen LogP contribution in [0.5, 0.6) is 0 Å². The summed E-state index contributed by atoms with van der Waals surface area (Å²) in [5, 5.41) is -0.233. The molecule has 0 saturated heterocycles. The minimum Gasteiger partial charge on any atom is -0.399 e. The second kappa shape index (κ2) is 5.74. The second-order valence-corrected chi connectivity index (χ2v) is 5.10. The smallest absolute Gasteiger partial charge is 0.161 e. The van der Waals surface area contributed by atoms with Crippen LogP contribution in [0.15, 0.2) is 58.6 Å². The highest BCUT2D eigenvalue weighted by atomic mass is 32.2. The van der Waals surface area contributed by atoms with Crippen molar-refractivity contribution in [1.82, 2.24) is 0 Å². The summed E-state index contributed by atoms with van der Waals surface area (Å²) in [7, 11) is 0. The lowest BCUT2D eigenvalue weighted by Gasteiger charge is -2.00. The maximum atomic E-state index is 13.8. The van der Waals surface area contributed by atoms with Gasteiger partial charge in [-0.2, -0.15) is 4.39 Å². The molecule has 2 N–H and O–H groups in total. The average Bonchev–Trinajstić information content (AvgIpc) is 2.35. The van der Waals surface area contributed by atoms with Crippen molar-refractivity contribution in [3.63, 3.8) is 0 Å². The highest BCUT2D eigenvalue weighted by Gasteiger charge is 2.00. The zero-order valence-corrected chi connectivity index (χ0v) is 10.9. The Labute approximate surface area is 111 Å². The van der Waals surface area contributed by atoms with Crippen LogP contribution >= 0.6 is 11.8 Å². The van der Waals surface area contributed by atoms with E-state index in [9.17, 15) is 4.39 Å². The summed E-state index contributed by atoms with van der Waals surface area (Å²) in [4.78, 5) is 0.838. The van der Waals surface area contributed by atoms with Gasteiger partial charge >= 0.3 is 0 Å². The highest BCUT2D eigenvalue weighted by Crippen LogP contribution is 2.29. The van der Waals surface area contributed by atoms with Gasteiger partial charge in [0.25, 0.3) is 0 Å². The number of rotatable bonds is 3. The molecule has 0 saturated carbocycles. The van der Waals surface area contributed by atoms with Crippen molar-refractivity contribution >= 4 is 23.5 Å². The van der Waals surface area contributed by atoms with E-state index in [4.69, 9.17) is 5.73 Å². The summed E-state index contributed by atoms with van der Waals surface area (Å²) >= 11 is 1.09. The zero-order valence-electron chi connectivity index (χ0n) is 10.1. The number of benzene rings is 2. The maximum Gasteiger partial charge on any atom is 0.161 e. The molecular weight excluding hydrogens is 245 g/mol. The van der Waals surface area contributed by atoms with Crippen LogP contribution in [-0.2, 0) is 0 Å². The number of anilines is 1. The standard InChI is InChI=1S/C15H14FNS/c1-11-2-4-12(5-3-11)10-15(16)18-14-8-6-13(17)7-9-14/h2-10H,17H2,1H3/b15-10+. The minimum absolute atomic E-state index is 0.233. The zero-order chi connectivity index (χ0) is 13.0. The van der Waals surface area contributed by atoms with E-state index in [2.05, 4.69) is 0 Å². The third-order valence-electron chi connectivity index (χ3n) is 2.45. The Bertz CT molecular complexity index is 544. The molecule has 0 spiro atoms. The molecule has 2 aromatic rings. The molecule has 0 radical (unpaired) electrons. The van der Waals surface area contributed by atoms with Crippen LogP contribution in [0.25, 0.3) is 6.08 Å². The molecule has 2 aromatic carbocycles. The van der Waals surface area contributed by atoms with Gasteiger partial charge in [0.05, 0.1) is 0 Å². The van der Waals surface area contributed by atoms with E-state index in [-0.39, 0.29) is 5.16 Å². The van der Waals surface area contributed by atoms with Gasteiger partial charge in [-0.15, -0.1) is 0 Å². The molecule has 0 heterocycles. The van der Waals surface area contributed by atoms with Gasteiger partial charge in [-0.05, 0) is 42.8 Å². The van der Waals surface area contributed by atoms with Gasteiger partial charge in [-0.1, -0.05) is 41.6 Å². The van der Waals surface area contributed by atoms with Gasteiger partial charge in [-0.25, -0.2) is 0 Å². The highest BCUT2D eigenvalue weighted by molar-refractivity contribution is 8.03. The largest absolute Gasteiger partial charge is 0.399 e. The molecule has 0 aliphatic heterocycles. The molecule has 2 rings (SSSR count). The Kier molecular flexibility index (Phi) is 4.05. The number of hydrogen-bond acceptors (Lipinski definition) is 2. The lowest BCUT2D eigenvalue weighted by molar-refractivity contribution is 0.706. The molecule has 0 atom stereocenters. The molecule has 0 amide bonds. The van der Waals surface area contributed by atoms with Crippen molar-refractivity contribution in [2.24, 2.45) is 0 Å². The van der Waals surface area contributed by atoms with E-state index in [0.717, 1.165) is 22.2 Å². The Balaban J connectivity index is 2.09. The number of aryl methyl sites for hydroxylation is 1. The van der Waals surface area contributed by atoms with E-state index in [0.29, 0.717) is 5.69 Å². The van der Waals surface area contributed by atoms with Crippen LogP contribution < -0.4 is 5.73 Å². The average molecular weight is 259 g/mol. The first-order valence-corrected chi connectivity index (χ1v) is 6.42. The summed E-state index contributed by atoms with van der Waals surface area (Å²) in [5.74, 6) is 0. The molecule has 1 nitrogen and oxygen atoms in total. The predicted octanol–water partition coefficient (Wildman–Crippen LogP) is 4.64. The van der Waals surface area contributed by atoms with Crippen LogP contribution in [-0.4, -0.2) is 0 Å². The van der Waals surface area contributed by atoms with Gasteiger partial charge in [-0.3, -0.25) is 0 Å². The minimum atomic E-state index is -0.233. The monoisotopic (exact) mass is 259 g/mol. The quantitative estimate of drug-likeness (QED) is 0.642. The van der Waals surface area contributed by atoms with E-state index in [1.54, 1.807) is 12.1 Å². The summed E-state index contributed by atoms with van der Waals surface area (Å²) in [6.45, 7) is 2.01. The lowest BCUT2D eigenvalue weighted by atomic mass is 10.1. The Morgan fingerprint density at radius 3 is 2.28 bits per heavy atom. The molecule has 0 aliphatic carbocycles. The van der Waals surface area contributed by atoms with Crippen LogP contribution in [0.4, 0.5) is 10.1 Å². The van der Waals surface area contributed by atoms with Crippen molar-refractivity contribution < 1.29 is 4.39 Å². The molecule has 0 unspecified atom stereocenters. The van der Waals surface area contributed by atoms with Gasteiger partial charge in [0.2, 0.25) is 0 Å². The Morgan fingerprint density at radius 2 is 1.67 bits per heavy atom. The summed E-state index contributed by atoms with van der Waals surface area (Å²) in [6, 6.07) is 14.9.